The summed E-state index contributed by atoms with van der Waals surface area (Å²) >= 11 is 0. The Morgan fingerprint density at radius 1 is 1.47 bits per heavy atom. The number of Topliss-reactive ketones (excluding diaryl/α,β-unsaturated/α-hetero) is 1. The van der Waals surface area contributed by atoms with Crippen molar-refractivity contribution >= 4 is 18.4 Å². The van der Waals surface area contributed by atoms with Crippen LogP contribution in [0.1, 0.15) is 28.4 Å². The Hall–Kier alpha value is -1.34. The van der Waals surface area contributed by atoms with Crippen molar-refractivity contribution in [3.63, 3.8) is 0 Å². The lowest BCUT2D eigenvalue weighted by Gasteiger charge is -2.12. The minimum absolute atomic E-state index is 0.0185. The minimum Gasteiger partial charge on any atom is -0.423 e. The van der Waals surface area contributed by atoms with Crippen molar-refractivity contribution in [3.8, 4) is 0 Å². The predicted octanol–water partition coefficient (Wildman–Crippen LogP) is 1.13. The molecule has 0 spiro atoms. The number of fused-ring (bicyclic) bond motifs is 1. The van der Waals surface area contributed by atoms with E-state index < -0.39 is 24.6 Å². The Balaban J connectivity index is 2.67. The van der Waals surface area contributed by atoms with Crippen LogP contribution in [0.25, 0.3) is 0 Å². The highest BCUT2D eigenvalue weighted by molar-refractivity contribution is 6.61. The molecule has 0 saturated carbocycles. The lowest BCUT2D eigenvalue weighted by atomic mass is 9.77. The lowest BCUT2D eigenvalue weighted by Crippen LogP contribution is -2.30. The molecular formula is C10H8BF3O3. The second-order valence-electron chi connectivity index (χ2n) is 3.81. The summed E-state index contributed by atoms with van der Waals surface area (Å²) in [6.07, 6.45) is -4.57. The zero-order valence-corrected chi connectivity index (χ0v) is 8.84. The molecule has 0 unspecified atom stereocenters. The van der Waals surface area contributed by atoms with Gasteiger partial charge in [-0.3, -0.25) is 4.79 Å². The van der Waals surface area contributed by atoms with Gasteiger partial charge in [0, 0.05) is 5.56 Å². The largest absolute Gasteiger partial charge is 0.491 e. The Bertz CT molecular complexity index is 484. The van der Waals surface area contributed by atoms with Gasteiger partial charge in [0.2, 0.25) is 0 Å². The Morgan fingerprint density at radius 3 is 2.65 bits per heavy atom. The van der Waals surface area contributed by atoms with Gasteiger partial charge in [0.05, 0.1) is 12.2 Å². The van der Waals surface area contributed by atoms with E-state index in [-0.39, 0.29) is 23.2 Å². The Labute approximate surface area is 95.3 Å². The van der Waals surface area contributed by atoms with Crippen molar-refractivity contribution in [1.29, 1.82) is 0 Å². The quantitative estimate of drug-likeness (QED) is 0.594. The molecule has 1 aromatic rings. The van der Waals surface area contributed by atoms with Crippen LogP contribution in [0.3, 0.4) is 0 Å². The van der Waals surface area contributed by atoms with Gasteiger partial charge in [-0.25, -0.2) is 0 Å². The normalized spacial score (nSPS) is 15.0. The van der Waals surface area contributed by atoms with Crippen molar-refractivity contribution in [2.24, 2.45) is 0 Å². The van der Waals surface area contributed by atoms with Crippen LogP contribution in [0.2, 0.25) is 0 Å². The number of carbonyl (C=O) groups is 1. The third-order valence-electron chi connectivity index (χ3n) is 2.65. The molecule has 0 radical (unpaired) electrons. The van der Waals surface area contributed by atoms with Gasteiger partial charge < -0.3 is 9.68 Å². The molecule has 1 heterocycles. The topological polar surface area (TPSA) is 46.5 Å². The number of ketones is 1. The van der Waals surface area contributed by atoms with Gasteiger partial charge in [0.25, 0.3) is 0 Å². The summed E-state index contributed by atoms with van der Waals surface area (Å²) in [7, 11) is -1.40. The van der Waals surface area contributed by atoms with Gasteiger partial charge in [0.1, 0.15) is 0 Å². The molecule has 1 aliphatic heterocycles. The van der Waals surface area contributed by atoms with Gasteiger partial charge in [-0.1, -0.05) is 6.07 Å². The fraction of sp³-hybridized carbons (Fsp3) is 0.300. The van der Waals surface area contributed by atoms with E-state index in [4.69, 9.17) is 4.65 Å². The number of halogens is 3. The first-order chi connectivity index (χ1) is 7.80. The van der Waals surface area contributed by atoms with Crippen LogP contribution in [0, 0.1) is 0 Å². The van der Waals surface area contributed by atoms with E-state index in [2.05, 4.69) is 0 Å². The molecule has 1 N–H and O–H groups in total. The third-order valence-corrected chi connectivity index (χ3v) is 2.65. The molecule has 0 amide bonds. The zero-order chi connectivity index (χ0) is 12.8. The maximum absolute atomic E-state index is 12.8. The standard InChI is InChI=1S/C10H8BF3O3/c1-5(15)6-2-8(10(12,13)14)7-4-17-11(16)9(7)3-6/h2-3,16H,4H2,1H3. The molecule has 3 nitrogen and oxygen atoms in total. The maximum atomic E-state index is 12.8. The number of alkyl halides is 3. The van der Waals surface area contributed by atoms with Crippen LogP contribution in [-0.4, -0.2) is 17.9 Å². The van der Waals surface area contributed by atoms with Crippen molar-refractivity contribution in [3.05, 3.63) is 28.8 Å². The molecule has 0 atom stereocenters. The summed E-state index contributed by atoms with van der Waals surface area (Å²) in [4.78, 5) is 11.1. The monoisotopic (exact) mass is 244 g/mol. The van der Waals surface area contributed by atoms with Gasteiger partial charge in [0.15, 0.2) is 5.78 Å². The van der Waals surface area contributed by atoms with Crippen LogP contribution < -0.4 is 5.46 Å². The van der Waals surface area contributed by atoms with E-state index in [1.54, 1.807) is 0 Å². The molecule has 1 aromatic carbocycles. The molecule has 0 bridgehead atoms. The average molecular weight is 244 g/mol. The summed E-state index contributed by atoms with van der Waals surface area (Å²) in [6.45, 7) is 0.869. The van der Waals surface area contributed by atoms with Crippen LogP contribution in [0.5, 0.6) is 0 Å². The van der Waals surface area contributed by atoms with Crippen molar-refractivity contribution in [2.75, 3.05) is 0 Å². The van der Waals surface area contributed by atoms with Gasteiger partial charge in [-0.2, -0.15) is 13.2 Å². The van der Waals surface area contributed by atoms with E-state index in [9.17, 15) is 23.0 Å². The number of hydrogen-bond acceptors (Lipinski definition) is 3. The van der Waals surface area contributed by atoms with E-state index in [1.807, 2.05) is 0 Å². The third kappa shape index (κ3) is 2.08. The molecule has 17 heavy (non-hydrogen) atoms. The minimum atomic E-state index is -4.57. The van der Waals surface area contributed by atoms with Crippen molar-refractivity contribution < 1.29 is 27.6 Å². The highest BCUT2D eigenvalue weighted by Crippen LogP contribution is 2.34. The van der Waals surface area contributed by atoms with Gasteiger partial charge in [-0.05, 0) is 24.0 Å². The molecule has 0 aromatic heterocycles. The van der Waals surface area contributed by atoms with E-state index in [0.717, 1.165) is 6.07 Å². The van der Waals surface area contributed by atoms with E-state index in [0.29, 0.717) is 0 Å². The molecule has 0 saturated heterocycles. The predicted molar refractivity (Wildman–Crippen MR) is 53.8 cm³/mol. The summed E-state index contributed by atoms with van der Waals surface area (Å²) in [5, 5.41) is 9.38. The van der Waals surface area contributed by atoms with E-state index in [1.165, 1.54) is 13.0 Å². The maximum Gasteiger partial charge on any atom is 0.491 e. The Kier molecular flexibility index (Phi) is 2.75. The number of carbonyl (C=O) groups excluding carboxylic acids is 1. The molecule has 0 fully saturated rings. The van der Waals surface area contributed by atoms with Crippen molar-refractivity contribution in [2.45, 2.75) is 19.7 Å². The summed E-state index contributed by atoms with van der Waals surface area (Å²) in [5.41, 5.74) is -1.09. The number of hydrogen-bond donors (Lipinski definition) is 1. The second-order valence-corrected chi connectivity index (χ2v) is 3.81. The molecular weight excluding hydrogens is 236 g/mol. The van der Waals surface area contributed by atoms with Crippen LogP contribution in [0.15, 0.2) is 12.1 Å². The van der Waals surface area contributed by atoms with Crippen LogP contribution >= 0.6 is 0 Å². The van der Waals surface area contributed by atoms with E-state index >= 15 is 0 Å². The zero-order valence-electron chi connectivity index (χ0n) is 8.84. The Morgan fingerprint density at radius 2 is 2.12 bits per heavy atom. The van der Waals surface area contributed by atoms with Crippen molar-refractivity contribution in [1.82, 2.24) is 0 Å². The van der Waals surface area contributed by atoms with Gasteiger partial charge in [-0.15, -0.1) is 0 Å². The first-order valence-corrected chi connectivity index (χ1v) is 4.85. The fourth-order valence-electron chi connectivity index (χ4n) is 1.78. The summed E-state index contributed by atoms with van der Waals surface area (Å²) in [5.74, 6) is -0.489. The molecule has 0 aliphatic carbocycles. The smallest absolute Gasteiger partial charge is 0.423 e. The van der Waals surface area contributed by atoms with Gasteiger partial charge >= 0.3 is 13.3 Å². The SMILES string of the molecule is CC(=O)c1cc2c(c(C(F)(F)F)c1)COB2O. The highest BCUT2D eigenvalue weighted by Gasteiger charge is 2.40. The van der Waals surface area contributed by atoms with Crippen LogP contribution in [0.4, 0.5) is 13.2 Å². The molecule has 1 aliphatic rings. The number of benzene rings is 1. The molecule has 7 heteroatoms. The number of rotatable bonds is 1. The fourth-order valence-corrected chi connectivity index (χ4v) is 1.78. The first kappa shape index (κ1) is 12.1. The highest BCUT2D eigenvalue weighted by atomic mass is 19.4. The summed E-state index contributed by atoms with van der Waals surface area (Å²) < 4.78 is 43.0. The average Bonchev–Trinajstić information content (AvgIpc) is 2.58. The molecule has 2 rings (SSSR count). The lowest BCUT2D eigenvalue weighted by molar-refractivity contribution is -0.138. The van der Waals surface area contributed by atoms with Crippen LogP contribution in [-0.2, 0) is 17.4 Å². The first-order valence-electron chi connectivity index (χ1n) is 4.85. The summed E-state index contributed by atoms with van der Waals surface area (Å²) in [6, 6.07) is 2.03. The second kappa shape index (κ2) is 3.85. The molecule has 90 valence electrons.